The number of likely N-dealkylation sites (tertiary alicyclic amines) is 1. The first-order valence-corrected chi connectivity index (χ1v) is 12.2. The summed E-state index contributed by atoms with van der Waals surface area (Å²) < 4.78 is 44.6. The molecule has 2 aromatic rings. The number of carbonyl (C=O) groups excluding carboxylic acids is 2. The predicted octanol–water partition coefficient (Wildman–Crippen LogP) is 5.11. The van der Waals surface area contributed by atoms with Crippen LogP contribution in [0.5, 0.6) is 5.75 Å². The van der Waals surface area contributed by atoms with E-state index in [-0.39, 0.29) is 29.9 Å². The number of nitrogens with zero attached hydrogens (tertiary/aromatic N) is 1. The summed E-state index contributed by atoms with van der Waals surface area (Å²) in [6, 6.07) is 14.6. The molecular weight excluding hydrogens is 457 g/mol. The minimum atomic E-state index is -4.52. The first-order chi connectivity index (χ1) is 16.8. The minimum Gasteiger partial charge on any atom is -0.490 e. The highest BCUT2D eigenvalue weighted by Gasteiger charge is 2.33. The maximum atomic E-state index is 12.9. The Morgan fingerprint density at radius 3 is 2.43 bits per heavy atom. The molecule has 0 radical (unpaired) electrons. The second kappa shape index (κ2) is 11.2. The SMILES string of the molecule is O=C(CNC(=O)c1cccc(C(F)(F)F)c1)CC1CCN(C2CCC(Oc3ccccc3)CC2)C1. The fraction of sp³-hybridized carbons (Fsp3) is 0.481. The summed E-state index contributed by atoms with van der Waals surface area (Å²) in [6.07, 6.45) is 1.21. The number of Topliss-reactive ketones (excluding diaryl/α,β-unsaturated/α-hetero) is 1. The molecule has 1 aliphatic carbocycles. The minimum absolute atomic E-state index is 0.0999. The van der Waals surface area contributed by atoms with Crippen LogP contribution < -0.4 is 10.1 Å². The van der Waals surface area contributed by atoms with Gasteiger partial charge in [-0.25, -0.2) is 0 Å². The van der Waals surface area contributed by atoms with E-state index < -0.39 is 17.6 Å². The summed E-state index contributed by atoms with van der Waals surface area (Å²) in [5, 5.41) is 2.47. The lowest BCUT2D eigenvalue weighted by Crippen LogP contribution is -2.39. The Balaban J connectivity index is 1.17. The Kier molecular flexibility index (Phi) is 8.11. The Bertz CT molecular complexity index is 1000. The maximum Gasteiger partial charge on any atom is 0.416 e. The predicted molar refractivity (Wildman–Crippen MR) is 126 cm³/mol. The van der Waals surface area contributed by atoms with Crippen LogP contribution in [0.1, 0.15) is 54.4 Å². The van der Waals surface area contributed by atoms with Crippen LogP contribution in [0.3, 0.4) is 0 Å². The molecule has 0 aromatic heterocycles. The highest BCUT2D eigenvalue weighted by molar-refractivity contribution is 5.96. The molecule has 1 N–H and O–H groups in total. The highest BCUT2D eigenvalue weighted by Crippen LogP contribution is 2.31. The number of ether oxygens (including phenoxy) is 1. The van der Waals surface area contributed by atoms with Gasteiger partial charge in [0.05, 0.1) is 18.2 Å². The van der Waals surface area contributed by atoms with Crippen LogP contribution in [0, 0.1) is 5.92 Å². The van der Waals surface area contributed by atoms with Crippen LogP contribution in [0.2, 0.25) is 0 Å². The van der Waals surface area contributed by atoms with Crippen molar-refractivity contribution in [1.82, 2.24) is 10.2 Å². The highest BCUT2D eigenvalue weighted by atomic mass is 19.4. The third-order valence-electron chi connectivity index (χ3n) is 6.94. The second-order valence-corrected chi connectivity index (χ2v) is 9.52. The van der Waals surface area contributed by atoms with E-state index >= 15 is 0 Å². The zero-order chi connectivity index (χ0) is 24.8. The molecule has 1 unspecified atom stereocenters. The van der Waals surface area contributed by atoms with E-state index in [4.69, 9.17) is 4.74 Å². The van der Waals surface area contributed by atoms with Gasteiger partial charge >= 0.3 is 6.18 Å². The fourth-order valence-electron chi connectivity index (χ4n) is 5.09. The summed E-state index contributed by atoms with van der Waals surface area (Å²) in [5.74, 6) is 0.381. The number of halogens is 3. The number of para-hydroxylation sites is 1. The molecule has 8 heteroatoms. The van der Waals surface area contributed by atoms with Crippen molar-refractivity contribution >= 4 is 11.7 Å². The van der Waals surface area contributed by atoms with Gasteiger partial charge in [0.2, 0.25) is 0 Å². The monoisotopic (exact) mass is 488 g/mol. The van der Waals surface area contributed by atoms with Gasteiger partial charge in [-0.3, -0.25) is 9.59 Å². The quantitative estimate of drug-likeness (QED) is 0.561. The normalized spacial score (nSPS) is 23.1. The van der Waals surface area contributed by atoms with Gasteiger partial charge in [-0.2, -0.15) is 13.2 Å². The van der Waals surface area contributed by atoms with E-state index in [1.165, 1.54) is 12.1 Å². The molecule has 2 aromatic carbocycles. The first kappa shape index (κ1) is 25.2. The van der Waals surface area contributed by atoms with E-state index in [9.17, 15) is 22.8 Å². The number of hydrogen-bond acceptors (Lipinski definition) is 4. The largest absolute Gasteiger partial charge is 0.490 e. The number of carbonyl (C=O) groups is 2. The zero-order valence-corrected chi connectivity index (χ0v) is 19.6. The lowest BCUT2D eigenvalue weighted by molar-refractivity contribution is -0.137. The molecule has 2 aliphatic rings. The molecule has 188 valence electrons. The number of amides is 1. The molecule has 1 aliphatic heterocycles. The van der Waals surface area contributed by atoms with Crippen molar-refractivity contribution in [2.24, 2.45) is 5.92 Å². The van der Waals surface area contributed by atoms with Gasteiger partial charge in [0.25, 0.3) is 5.91 Å². The molecule has 0 bridgehead atoms. The number of rotatable bonds is 8. The van der Waals surface area contributed by atoms with Crippen LogP contribution in [0.15, 0.2) is 54.6 Å². The van der Waals surface area contributed by atoms with Crippen molar-refractivity contribution < 1.29 is 27.5 Å². The lowest BCUT2D eigenvalue weighted by atomic mass is 9.92. The molecule has 4 rings (SSSR count). The number of ketones is 1. The van der Waals surface area contributed by atoms with Crippen LogP contribution in [0.4, 0.5) is 13.2 Å². The molecule has 1 amide bonds. The molecule has 1 heterocycles. The van der Waals surface area contributed by atoms with Crippen molar-refractivity contribution in [3.8, 4) is 5.75 Å². The van der Waals surface area contributed by atoms with Gasteiger partial charge in [-0.15, -0.1) is 0 Å². The molecule has 5 nitrogen and oxygen atoms in total. The first-order valence-electron chi connectivity index (χ1n) is 12.2. The smallest absolute Gasteiger partial charge is 0.416 e. The summed E-state index contributed by atoms with van der Waals surface area (Å²) in [7, 11) is 0. The fourth-order valence-corrected chi connectivity index (χ4v) is 5.09. The third kappa shape index (κ3) is 7.07. The average Bonchev–Trinajstić information content (AvgIpc) is 3.31. The van der Waals surface area contributed by atoms with E-state index in [2.05, 4.69) is 10.2 Å². The molecule has 1 saturated heterocycles. The van der Waals surface area contributed by atoms with Crippen molar-refractivity contribution in [2.45, 2.75) is 56.8 Å². The zero-order valence-electron chi connectivity index (χ0n) is 19.6. The second-order valence-electron chi connectivity index (χ2n) is 9.52. The number of nitrogens with one attached hydrogen (secondary N) is 1. The molecular formula is C27H31F3N2O3. The van der Waals surface area contributed by atoms with Gasteiger partial charge in [0.15, 0.2) is 5.78 Å². The Hall–Kier alpha value is -2.87. The van der Waals surface area contributed by atoms with Gasteiger partial charge in [0, 0.05) is 24.6 Å². The Labute approximate surface area is 203 Å². The Morgan fingerprint density at radius 2 is 1.71 bits per heavy atom. The van der Waals surface area contributed by atoms with Gasteiger partial charge in [0.1, 0.15) is 5.75 Å². The van der Waals surface area contributed by atoms with Gasteiger partial charge in [-0.1, -0.05) is 24.3 Å². The van der Waals surface area contributed by atoms with E-state index in [0.29, 0.717) is 12.5 Å². The van der Waals surface area contributed by atoms with Crippen LogP contribution in [-0.2, 0) is 11.0 Å². The van der Waals surface area contributed by atoms with Crippen LogP contribution in [-0.4, -0.2) is 48.4 Å². The molecule has 1 saturated carbocycles. The maximum absolute atomic E-state index is 12.9. The number of alkyl halides is 3. The third-order valence-corrected chi connectivity index (χ3v) is 6.94. The van der Waals surface area contributed by atoms with Crippen LogP contribution >= 0.6 is 0 Å². The van der Waals surface area contributed by atoms with E-state index in [1.807, 2.05) is 30.3 Å². The van der Waals surface area contributed by atoms with Crippen molar-refractivity contribution in [2.75, 3.05) is 19.6 Å². The molecule has 35 heavy (non-hydrogen) atoms. The Morgan fingerprint density at radius 1 is 0.971 bits per heavy atom. The summed E-state index contributed by atoms with van der Waals surface area (Å²) >= 11 is 0. The lowest BCUT2D eigenvalue weighted by Gasteiger charge is -2.34. The number of benzene rings is 2. The van der Waals surface area contributed by atoms with E-state index in [1.54, 1.807) is 0 Å². The molecule has 2 fully saturated rings. The number of hydrogen-bond donors (Lipinski definition) is 1. The van der Waals surface area contributed by atoms with Crippen molar-refractivity contribution in [1.29, 1.82) is 0 Å². The average molecular weight is 489 g/mol. The summed E-state index contributed by atoms with van der Waals surface area (Å²) in [6.45, 7) is 1.65. The van der Waals surface area contributed by atoms with Crippen LogP contribution in [0.25, 0.3) is 0 Å². The van der Waals surface area contributed by atoms with Crippen molar-refractivity contribution in [3.63, 3.8) is 0 Å². The topological polar surface area (TPSA) is 58.6 Å². The molecule has 1 atom stereocenters. The molecule has 0 spiro atoms. The summed E-state index contributed by atoms with van der Waals surface area (Å²) in [4.78, 5) is 27.1. The summed E-state index contributed by atoms with van der Waals surface area (Å²) in [5.41, 5.74) is -0.991. The van der Waals surface area contributed by atoms with Crippen molar-refractivity contribution in [3.05, 3.63) is 65.7 Å². The van der Waals surface area contributed by atoms with Gasteiger partial charge < -0.3 is 15.0 Å². The van der Waals surface area contributed by atoms with Gasteiger partial charge in [-0.05, 0) is 74.9 Å². The standard InChI is InChI=1S/C27H31F3N2O3/c28-27(29,30)21-6-4-5-20(16-21)26(34)31-17-23(33)15-19-13-14-32(18-19)22-9-11-25(12-10-22)35-24-7-2-1-3-8-24/h1-8,16,19,22,25H,9-15,17-18H2,(H,31,34). The van der Waals surface area contributed by atoms with E-state index in [0.717, 1.165) is 63.1 Å².